The molecule has 0 aromatic rings. The van der Waals surface area contributed by atoms with Gasteiger partial charge in [0.25, 0.3) is 0 Å². The van der Waals surface area contributed by atoms with Crippen LogP contribution in [-0.4, -0.2) is 23.0 Å². The summed E-state index contributed by atoms with van der Waals surface area (Å²) in [6.07, 6.45) is 9.34. The monoisotopic (exact) mass is 385 g/mol. The Bertz CT molecular complexity index is 653. The third kappa shape index (κ3) is 2.80. The third-order valence-electron chi connectivity index (χ3n) is 10.4. The second-order valence-corrected chi connectivity index (χ2v) is 11.9. The van der Waals surface area contributed by atoms with Gasteiger partial charge in [0, 0.05) is 0 Å². The maximum atomic E-state index is 10.7. The zero-order valence-corrected chi connectivity index (χ0v) is 19.0. The molecule has 4 fully saturated rings. The third-order valence-corrected chi connectivity index (χ3v) is 10.4. The van der Waals surface area contributed by atoms with Crippen LogP contribution in [0.25, 0.3) is 0 Å². The molecule has 0 aliphatic heterocycles. The van der Waals surface area contributed by atoms with Crippen LogP contribution in [0.4, 0.5) is 0 Å². The molecular weight excluding hydrogens is 342 g/mol. The second kappa shape index (κ2) is 6.69. The largest absolute Gasteiger partial charge is 0.390 e. The van der Waals surface area contributed by atoms with Gasteiger partial charge in [-0.1, -0.05) is 32.9 Å². The molecule has 0 unspecified atom stereocenters. The number of hydrogen-bond donors (Lipinski definition) is 1. The van der Waals surface area contributed by atoms with Gasteiger partial charge in [-0.2, -0.15) is 0 Å². The molecule has 2 nitrogen and oxygen atoms in total. The van der Waals surface area contributed by atoms with Crippen LogP contribution in [0.5, 0.6) is 0 Å². The highest BCUT2D eigenvalue weighted by Gasteiger charge is 2.64. The van der Waals surface area contributed by atoms with Gasteiger partial charge < -0.3 is 5.11 Å². The van der Waals surface area contributed by atoms with E-state index in [4.69, 9.17) is 4.99 Å². The van der Waals surface area contributed by atoms with Crippen LogP contribution in [0.3, 0.4) is 0 Å². The molecule has 1 N–H and O–H groups in total. The quantitative estimate of drug-likeness (QED) is 0.440. The zero-order valence-electron chi connectivity index (χ0n) is 19.0. The molecule has 28 heavy (non-hydrogen) atoms. The van der Waals surface area contributed by atoms with Gasteiger partial charge >= 0.3 is 0 Å². The standard InChI is InChI=1S/C26H43NO/c1-16(2)22-14-17(3)18(4)23-21-9-8-19-15-24(5,28)11-10-20(19)26(21,27-7)13-12-25(22,23)6/h17-23,28H,1,7-15H2,2-6H3/t17-,18+,19+,20-,21-,22+,23-,24+,25+,26-/m0/s1. The van der Waals surface area contributed by atoms with Crippen molar-refractivity contribution in [2.45, 2.75) is 97.1 Å². The normalized spacial score (nSPS) is 56.1. The number of rotatable bonds is 2. The van der Waals surface area contributed by atoms with Crippen LogP contribution in [-0.2, 0) is 0 Å². The summed E-state index contributed by atoms with van der Waals surface area (Å²) in [5.41, 5.74) is 1.34. The van der Waals surface area contributed by atoms with E-state index < -0.39 is 5.60 Å². The number of nitrogens with zero attached hydrogens (tertiary/aromatic N) is 1. The number of allylic oxidation sites excluding steroid dienone is 1. The zero-order chi connectivity index (χ0) is 20.5. The van der Waals surface area contributed by atoms with Gasteiger partial charge in [-0.3, -0.25) is 4.99 Å². The maximum Gasteiger partial charge on any atom is 0.0662 e. The minimum absolute atomic E-state index is 0.0501. The van der Waals surface area contributed by atoms with E-state index in [-0.39, 0.29) is 5.54 Å². The summed E-state index contributed by atoms with van der Waals surface area (Å²) in [6, 6.07) is 0. The van der Waals surface area contributed by atoms with Crippen molar-refractivity contribution < 1.29 is 5.11 Å². The maximum absolute atomic E-state index is 10.7. The Hall–Kier alpha value is -0.630. The molecule has 0 aromatic heterocycles. The first-order valence-corrected chi connectivity index (χ1v) is 11.9. The first-order chi connectivity index (χ1) is 13.1. The predicted molar refractivity (Wildman–Crippen MR) is 119 cm³/mol. The Morgan fingerprint density at radius 3 is 2.39 bits per heavy atom. The molecule has 4 rings (SSSR count). The highest BCUT2D eigenvalue weighted by Crippen LogP contribution is 2.68. The SMILES string of the molecule is C=N[C@]12CC[C@@]3(C)[C@@H]([C@H](C)[C@@H](C)C[C@@H]3C(=C)C)[C@@H]1CC[C@@H]1C[C@](C)(O)CC[C@@H]12. The summed E-state index contributed by atoms with van der Waals surface area (Å²) in [7, 11) is 0. The van der Waals surface area contributed by atoms with E-state index in [1.807, 2.05) is 6.92 Å². The van der Waals surface area contributed by atoms with Gasteiger partial charge in [0.05, 0.1) is 11.1 Å². The van der Waals surface area contributed by atoms with Gasteiger partial charge in [0.1, 0.15) is 0 Å². The molecule has 158 valence electrons. The van der Waals surface area contributed by atoms with Crippen LogP contribution in [0.1, 0.15) is 86.0 Å². The van der Waals surface area contributed by atoms with Gasteiger partial charge in [-0.15, -0.1) is 0 Å². The van der Waals surface area contributed by atoms with Crippen molar-refractivity contribution in [2.75, 3.05) is 0 Å². The van der Waals surface area contributed by atoms with Crippen molar-refractivity contribution in [3.63, 3.8) is 0 Å². The van der Waals surface area contributed by atoms with E-state index >= 15 is 0 Å². The van der Waals surface area contributed by atoms with Crippen LogP contribution < -0.4 is 0 Å². The Balaban J connectivity index is 1.74. The Morgan fingerprint density at radius 1 is 1.04 bits per heavy atom. The predicted octanol–water partition coefficient (Wildman–Crippen LogP) is 6.29. The summed E-state index contributed by atoms with van der Waals surface area (Å²) >= 11 is 0. The average Bonchev–Trinajstić information content (AvgIpc) is 2.63. The summed E-state index contributed by atoms with van der Waals surface area (Å²) < 4.78 is 0. The minimum atomic E-state index is -0.475. The molecule has 0 aromatic carbocycles. The summed E-state index contributed by atoms with van der Waals surface area (Å²) in [4.78, 5) is 5.03. The van der Waals surface area contributed by atoms with Crippen molar-refractivity contribution in [3.8, 4) is 0 Å². The molecule has 10 atom stereocenters. The second-order valence-electron chi connectivity index (χ2n) is 11.9. The molecule has 0 heterocycles. The highest BCUT2D eigenvalue weighted by molar-refractivity contribution is 5.30. The Morgan fingerprint density at radius 2 is 1.75 bits per heavy atom. The first kappa shape index (κ1) is 20.6. The lowest BCUT2D eigenvalue weighted by molar-refractivity contribution is -0.156. The summed E-state index contributed by atoms with van der Waals surface area (Å²) in [5.74, 6) is 4.79. The fourth-order valence-corrected chi connectivity index (χ4v) is 9.01. The molecule has 0 radical (unpaired) electrons. The van der Waals surface area contributed by atoms with Gasteiger partial charge in [0.2, 0.25) is 0 Å². The minimum Gasteiger partial charge on any atom is -0.390 e. The molecule has 4 saturated carbocycles. The van der Waals surface area contributed by atoms with Crippen LogP contribution in [0, 0.1) is 46.8 Å². The number of aliphatic imine (C=N–C) groups is 1. The van der Waals surface area contributed by atoms with Gasteiger partial charge in [0.15, 0.2) is 0 Å². The number of aliphatic hydroxyl groups is 1. The molecule has 2 heteroatoms. The molecule has 0 amide bonds. The lowest BCUT2D eigenvalue weighted by Crippen LogP contribution is -2.64. The summed E-state index contributed by atoms with van der Waals surface area (Å²) in [6.45, 7) is 20.5. The molecular formula is C26H43NO. The highest BCUT2D eigenvalue weighted by atomic mass is 16.3. The Kier molecular flexibility index (Phi) is 4.93. The van der Waals surface area contributed by atoms with E-state index in [0.29, 0.717) is 29.1 Å². The lowest BCUT2D eigenvalue weighted by atomic mass is 9.39. The van der Waals surface area contributed by atoms with Crippen molar-refractivity contribution in [1.82, 2.24) is 0 Å². The van der Waals surface area contributed by atoms with Crippen molar-refractivity contribution in [2.24, 2.45) is 51.8 Å². The van der Waals surface area contributed by atoms with Crippen LogP contribution in [0.15, 0.2) is 17.1 Å². The van der Waals surface area contributed by atoms with Crippen LogP contribution in [0.2, 0.25) is 0 Å². The van der Waals surface area contributed by atoms with Gasteiger partial charge in [-0.25, -0.2) is 0 Å². The first-order valence-electron chi connectivity index (χ1n) is 11.9. The van der Waals surface area contributed by atoms with Gasteiger partial charge in [-0.05, 0) is 119 Å². The van der Waals surface area contributed by atoms with Crippen molar-refractivity contribution >= 4 is 6.72 Å². The van der Waals surface area contributed by atoms with Crippen molar-refractivity contribution in [1.29, 1.82) is 0 Å². The lowest BCUT2D eigenvalue weighted by Gasteiger charge is -2.67. The van der Waals surface area contributed by atoms with Crippen LogP contribution >= 0.6 is 0 Å². The molecule has 0 spiro atoms. The number of fused-ring (bicyclic) bond motifs is 5. The van der Waals surface area contributed by atoms with E-state index in [1.54, 1.807) is 0 Å². The van der Waals surface area contributed by atoms with E-state index in [9.17, 15) is 5.11 Å². The van der Waals surface area contributed by atoms with Crippen molar-refractivity contribution in [3.05, 3.63) is 12.2 Å². The fourth-order valence-electron chi connectivity index (χ4n) is 9.01. The van der Waals surface area contributed by atoms with E-state index in [0.717, 1.165) is 37.0 Å². The molecule has 4 aliphatic carbocycles. The van der Waals surface area contributed by atoms with E-state index in [1.165, 1.54) is 37.7 Å². The molecule has 0 saturated heterocycles. The summed E-state index contributed by atoms with van der Waals surface area (Å²) in [5, 5.41) is 10.7. The fraction of sp³-hybridized carbons (Fsp3) is 0.885. The average molecular weight is 386 g/mol. The smallest absolute Gasteiger partial charge is 0.0662 e. The molecule has 0 bridgehead atoms. The topological polar surface area (TPSA) is 32.6 Å². The van der Waals surface area contributed by atoms with E-state index in [2.05, 4.69) is 41.0 Å². The molecule has 4 aliphatic rings. The number of hydrogen-bond acceptors (Lipinski definition) is 2. The Labute approximate surface area is 173 Å².